The van der Waals surface area contributed by atoms with Crippen molar-refractivity contribution in [3.8, 4) is 22.7 Å². The highest BCUT2D eigenvalue weighted by Crippen LogP contribution is 2.46. The van der Waals surface area contributed by atoms with Crippen molar-refractivity contribution in [2.45, 2.75) is 77.4 Å². The second kappa shape index (κ2) is 13.3. The summed E-state index contributed by atoms with van der Waals surface area (Å²) in [5.74, 6) is -1.09. The van der Waals surface area contributed by atoms with Crippen LogP contribution in [0.15, 0.2) is 54.7 Å². The minimum atomic E-state index is -4.87. The number of carbonyl (C=O) groups is 1. The SMILES string of the molecule is CCC1NC(C(=O)O)CC12CCN(c1cc(O[C@H](c3cc(-c4ccc(CO)c(C)c4)ccc3-n3ccc(C)n3)C(F)(F)F)nc(N)n1)CC2. The molecule has 0 amide bonds. The zero-order valence-electron chi connectivity index (χ0n) is 27.5. The van der Waals surface area contributed by atoms with E-state index in [0.29, 0.717) is 55.0 Å². The number of hydrogen-bond acceptors (Lipinski definition) is 9. The van der Waals surface area contributed by atoms with Crippen molar-refractivity contribution in [1.82, 2.24) is 25.1 Å². The van der Waals surface area contributed by atoms with Crippen molar-refractivity contribution in [3.05, 3.63) is 77.1 Å². The lowest BCUT2D eigenvalue weighted by atomic mass is 9.71. The summed E-state index contributed by atoms with van der Waals surface area (Å²) < 4.78 is 52.3. The number of carboxylic acids is 1. The number of carboxylic acid groups (broad SMARTS) is 1. The molecule has 2 aromatic heterocycles. The molecule has 14 heteroatoms. The van der Waals surface area contributed by atoms with Crippen LogP contribution in [0, 0.1) is 19.3 Å². The molecule has 260 valence electrons. The number of anilines is 2. The second-order valence-corrected chi connectivity index (χ2v) is 13.0. The number of nitrogen functional groups attached to an aromatic ring is 1. The van der Waals surface area contributed by atoms with E-state index in [0.717, 1.165) is 17.5 Å². The van der Waals surface area contributed by atoms with Gasteiger partial charge in [0.2, 0.25) is 17.9 Å². The van der Waals surface area contributed by atoms with Crippen molar-refractivity contribution in [3.63, 3.8) is 0 Å². The number of piperidine rings is 1. The van der Waals surface area contributed by atoms with Gasteiger partial charge in [-0.05, 0) is 85.4 Å². The first-order valence-corrected chi connectivity index (χ1v) is 16.3. The van der Waals surface area contributed by atoms with Crippen molar-refractivity contribution in [1.29, 1.82) is 0 Å². The number of aliphatic carboxylic acids is 1. The lowest BCUT2D eigenvalue weighted by Gasteiger charge is -2.43. The number of nitrogens with two attached hydrogens (primary N) is 1. The molecule has 5 N–H and O–H groups in total. The Bertz CT molecular complexity index is 1840. The van der Waals surface area contributed by atoms with E-state index in [2.05, 4.69) is 20.4 Å². The molecule has 6 rings (SSSR count). The summed E-state index contributed by atoms with van der Waals surface area (Å²) in [6.45, 7) is 6.49. The quantitative estimate of drug-likeness (QED) is 0.178. The Morgan fingerprint density at radius 2 is 1.82 bits per heavy atom. The molecule has 0 bridgehead atoms. The summed E-state index contributed by atoms with van der Waals surface area (Å²) in [4.78, 5) is 22.0. The van der Waals surface area contributed by atoms with E-state index in [1.165, 1.54) is 16.8 Å². The molecule has 4 aromatic rings. The summed E-state index contributed by atoms with van der Waals surface area (Å²) in [7, 11) is 0. The molecule has 0 radical (unpaired) electrons. The summed E-state index contributed by atoms with van der Waals surface area (Å²) in [6, 6.07) is 12.6. The Hall–Kier alpha value is -4.69. The van der Waals surface area contributed by atoms with Gasteiger partial charge in [-0.25, -0.2) is 4.68 Å². The summed E-state index contributed by atoms with van der Waals surface area (Å²) in [5, 5.41) is 26.9. The van der Waals surface area contributed by atoms with E-state index in [-0.39, 0.29) is 41.1 Å². The molecule has 11 nitrogen and oxygen atoms in total. The number of aliphatic hydroxyl groups is 1. The molecule has 2 aliphatic rings. The predicted octanol–water partition coefficient (Wildman–Crippen LogP) is 5.51. The van der Waals surface area contributed by atoms with Gasteiger partial charge >= 0.3 is 12.1 Å². The molecule has 2 unspecified atom stereocenters. The van der Waals surface area contributed by atoms with Gasteiger partial charge in [-0.1, -0.05) is 31.2 Å². The normalized spacial score (nSPS) is 19.7. The van der Waals surface area contributed by atoms with E-state index in [1.807, 2.05) is 24.8 Å². The average molecular weight is 680 g/mol. The summed E-state index contributed by atoms with van der Waals surface area (Å²) >= 11 is 0. The smallest absolute Gasteiger partial charge is 0.429 e. The Morgan fingerprint density at radius 3 is 2.43 bits per heavy atom. The highest BCUT2D eigenvalue weighted by molar-refractivity contribution is 5.74. The predicted molar refractivity (Wildman–Crippen MR) is 177 cm³/mol. The van der Waals surface area contributed by atoms with Crippen LogP contribution >= 0.6 is 0 Å². The average Bonchev–Trinajstić information content (AvgIpc) is 3.66. The fourth-order valence-electron chi connectivity index (χ4n) is 7.31. The van der Waals surface area contributed by atoms with Crippen molar-refractivity contribution < 1.29 is 32.9 Å². The van der Waals surface area contributed by atoms with Gasteiger partial charge in [-0.15, -0.1) is 0 Å². The first-order valence-electron chi connectivity index (χ1n) is 16.3. The van der Waals surface area contributed by atoms with Crippen LogP contribution < -0.4 is 20.7 Å². The van der Waals surface area contributed by atoms with E-state index in [1.54, 1.807) is 43.5 Å². The Labute approximate surface area is 281 Å². The van der Waals surface area contributed by atoms with Crippen LogP contribution in [0.5, 0.6) is 5.88 Å². The van der Waals surface area contributed by atoms with Gasteiger partial charge in [0.15, 0.2) is 0 Å². The van der Waals surface area contributed by atoms with Gasteiger partial charge in [0.1, 0.15) is 11.9 Å². The molecule has 2 aliphatic heterocycles. The van der Waals surface area contributed by atoms with Crippen LogP contribution in [-0.2, 0) is 11.4 Å². The maximum Gasteiger partial charge on any atom is 0.429 e. The first kappa shape index (κ1) is 34.2. The van der Waals surface area contributed by atoms with Crippen LogP contribution in [0.3, 0.4) is 0 Å². The number of halogens is 3. The Morgan fingerprint density at radius 1 is 1.10 bits per heavy atom. The maximum atomic E-state index is 15.1. The van der Waals surface area contributed by atoms with Gasteiger partial charge in [0, 0.05) is 37.0 Å². The number of nitrogens with zero attached hydrogens (tertiary/aromatic N) is 5. The largest absolute Gasteiger partial charge is 0.480 e. The molecule has 3 atom stereocenters. The van der Waals surface area contributed by atoms with E-state index in [4.69, 9.17) is 10.5 Å². The van der Waals surface area contributed by atoms with Gasteiger partial charge in [0.05, 0.1) is 18.0 Å². The standard InChI is InChI=1S/C35H40F3N7O4/c1-4-28-34(18-26(40-28)32(47)48)10-13-44(14-11-34)29-17-30(42-33(39)41-29)49-31(35(36,37)38)25-16-23(22-5-6-24(19-46)20(2)15-22)7-8-27(25)45-12-9-21(3)43-45/h5-9,12,15-17,26,28,31,40,46H,4,10-11,13-14,18-19H2,1-3H3,(H,47,48)(H2,39,41,42)/t26?,28?,31-/m1/s1. The zero-order valence-corrected chi connectivity index (χ0v) is 27.5. The lowest BCUT2D eigenvalue weighted by molar-refractivity contribution is -0.198. The highest BCUT2D eigenvalue weighted by atomic mass is 19.4. The third kappa shape index (κ3) is 6.92. The van der Waals surface area contributed by atoms with E-state index < -0.39 is 24.3 Å². The van der Waals surface area contributed by atoms with Crippen molar-refractivity contribution in [2.75, 3.05) is 23.7 Å². The van der Waals surface area contributed by atoms with Crippen LogP contribution in [0.1, 0.15) is 61.1 Å². The van der Waals surface area contributed by atoms with Crippen LogP contribution in [-0.4, -0.2) is 67.3 Å². The van der Waals surface area contributed by atoms with Crippen LogP contribution in [0.2, 0.25) is 0 Å². The third-order valence-electron chi connectivity index (χ3n) is 9.91. The third-order valence-corrected chi connectivity index (χ3v) is 9.91. The topological polar surface area (TPSA) is 152 Å². The molecule has 4 heterocycles. The summed E-state index contributed by atoms with van der Waals surface area (Å²) in [5.41, 5.74) is 9.21. The molecule has 2 saturated heterocycles. The molecule has 0 aliphatic carbocycles. The molecule has 0 saturated carbocycles. The summed E-state index contributed by atoms with van der Waals surface area (Å²) in [6.07, 6.45) is -3.04. The molecule has 2 fully saturated rings. The van der Waals surface area contributed by atoms with Crippen LogP contribution in [0.25, 0.3) is 16.8 Å². The molecular formula is C35H40F3N7O4. The Kier molecular flexibility index (Phi) is 9.29. The van der Waals surface area contributed by atoms with Crippen molar-refractivity contribution >= 4 is 17.7 Å². The number of aryl methyl sites for hydroxylation is 2. The number of rotatable bonds is 9. The molecule has 49 heavy (non-hydrogen) atoms. The number of nitrogens with one attached hydrogen (secondary N) is 1. The monoisotopic (exact) mass is 679 g/mol. The minimum Gasteiger partial charge on any atom is -0.480 e. The number of alkyl halides is 3. The second-order valence-electron chi connectivity index (χ2n) is 13.0. The van der Waals surface area contributed by atoms with Gasteiger partial charge < -0.3 is 30.9 Å². The number of aliphatic hydroxyl groups excluding tert-OH is 1. The maximum absolute atomic E-state index is 15.1. The van der Waals surface area contributed by atoms with E-state index in [9.17, 15) is 15.0 Å². The Balaban J connectivity index is 1.33. The van der Waals surface area contributed by atoms with Gasteiger partial charge in [-0.2, -0.15) is 28.2 Å². The fourth-order valence-corrected chi connectivity index (χ4v) is 7.31. The first-order chi connectivity index (χ1) is 23.3. The van der Waals surface area contributed by atoms with Gasteiger partial charge in [0.25, 0.3) is 0 Å². The minimum absolute atomic E-state index is 0.0534. The number of aromatic nitrogens is 4. The fraction of sp³-hybridized carbons (Fsp3) is 0.429. The molecular weight excluding hydrogens is 639 g/mol. The number of ether oxygens (including phenoxy) is 1. The molecule has 1 spiro atoms. The van der Waals surface area contributed by atoms with E-state index >= 15 is 13.2 Å². The molecule has 2 aromatic carbocycles. The number of benzene rings is 2. The highest BCUT2D eigenvalue weighted by Gasteiger charge is 2.50. The number of hydrogen-bond donors (Lipinski definition) is 4. The van der Waals surface area contributed by atoms with Gasteiger partial charge in [-0.3, -0.25) is 4.79 Å². The van der Waals surface area contributed by atoms with Crippen molar-refractivity contribution in [2.24, 2.45) is 5.41 Å². The lowest BCUT2D eigenvalue weighted by Crippen LogP contribution is -2.46. The zero-order chi connectivity index (χ0) is 35.1. The van der Waals surface area contributed by atoms with Crippen LogP contribution in [0.4, 0.5) is 24.9 Å².